The highest BCUT2D eigenvalue weighted by Gasteiger charge is 2.12. The van der Waals surface area contributed by atoms with E-state index < -0.39 is 5.97 Å². The lowest BCUT2D eigenvalue weighted by molar-refractivity contribution is 0.0696. The highest BCUT2D eigenvalue weighted by molar-refractivity contribution is 5.91. The number of aryl methyl sites for hydroxylation is 3. The molecule has 1 N–H and O–H groups in total. The van der Waals surface area contributed by atoms with Gasteiger partial charge in [-0.1, -0.05) is 6.07 Å². The van der Waals surface area contributed by atoms with Gasteiger partial charge in [-0.3, -0.25) is 4.98 Å². The zero-order chi connectivity index (χ0) is 13.3. The molecule has 3 nitrogen and oxygen atoms in total. The molecule has 92 valence electrons. The number of aromatic nitrogens is 1. The molecule has 0 amide bonds. The average Bonchev–Trinajstić information content (AvgIpc) is 2.30. The van der Waals surface area contributed by atoms with E-state index in [1.807, 2.05) is 32.9 Å². The monoisotopic (exact) mass is 241 g/mol. The quantitative estimate of drug-likeness (QED) is 0.876. The first-order valence-electron chi connectivity index (χ1n) is 5.76. The van der Waals surface area contributed by atoms with Gasteiger partial charge in [-0.2, -0.15) is 0 Å². The molecule has 0 unspecified atom stereocenters. The molecule has 1 heterocycles. The van der Waals surface area contributed by atoms with Crippen LogP contribution < -0.4 is 0 Å². The van der Waals surface area contributed by atoms with Gasteiger partial charge in [-0.15, -0.1) is 0 Å². The van der Waals surface area contributed by atoms with Crippen LogP contribution in [0.1, 0.15) is 27.0 Å². The predicted molar refractivity (Wildman–Crippen MR) is 70.8 cm³/mol. The molecule has 1 aromatic carbocycles. The smallest absolute Gasteiger partial charge is 0.335 e. The second-order valence-electron chi connectivity index (χ2n) is 4.48. The summed E-state index contributed by atoms with van der Waals surface area (Å²) < 4.78 is 0. The lowest BCUT2D eigenvalue weighted by Gasteiger charge is -2.11. The van der Waals surface area contributed by atoms with Crippen molar-refractivity contribution in [1.82, 2.24) is 4.98 Å². The van der Waals surface area contributed by atoms with E-state index in [-0.39, 0.29) is 0 Å². The Hall–Kier alpha value is -2.16. The molecule has 0 saturated carbocycles. The summed E-state index contributed by atoms with van der Waals surface area (Å²) in [7, 11) is 0. The van der Waals surface area contributed by atoms with E-state index in [1.54, 1.807) is 18.5 Å². The van der Waals surface area contributed by atoms with Crippen molar-refractivity contribution in [1.29, 1.82) is 0 Å². The number of hydrogen-bond donors (Lipinski definition) is 1. The first-order valence-corrected chi connectivity index (χ1v) is 5.76. The molecule has 2 rings (SSSR count). The van der Waals surface area contributed by atoms with Crippen molar-refractivity contribution >= 4 is 5.97 Å². The molecule has 2 aromatic rings. The summed E-state index contributed by atoms with van der Waals surface area (Å²) in [6.07, 6.45) is 3.51. The van der Waals surface area contributed by atoms with Crippen LogP contribution in [0.5, 0.6) is 0 Å². The fourth-order valence-corrected chi connectivity index (χ4v) is 2.12. The summed E-state index contributed by atoms with van der Waals surface area (Å²) in [6, 6.07) is 5.57. The van der Waals surface area contributed by atoms with Gasteiger partial charge in [0.1, 0.15) is 0 Å². The van der Waals surface area contributed by atoms with Crippen LogP contribution in [0, 0.1) is 20.8 Å². The number of pyridine rings is 1. The summed E-state index contributed by atoms with van der Waals surface area (Å²) in [5.41, 5.74) is 5.20. The third-order valence-electron chi connectivity index (χ3n) is 3.13. The molecule has 18 heavy (non-hydrogen) atoms. The van der Waals surface area contributed by atoms with Crippen LogP contribution in [0.25, 0.3) is 11.1 Å². The maximum atomic E-state index is 11.2. The van der Waals surface area contributed by atoms with Crippen LogP contribution in [0.3, 0.4) is 0 Å². The molecule has 3 heteroatoms. The first kappa shape index (κ1) is 12.3. The molecule has 0 saturated heterocycles. The second-order valence-corrected chi connectivity index (χ2v) is 4.48. The van der Waals surface area contributed by atoms with Crippen LogP contribution >= 0.6 is 0 Å². The van der Waals surface area contributed by atoms with Gasteiger partial charge >= 0.3 is 5.97 Å². The van der Waals surface area contributed by atoms with Gasteiger partial charge in [0.15, 0.2) is 0 Å². The Bertz CT molecular complexity index is 618. The first-order chi connectivity index (χ1) is 8.50. The number of carboxylic acids is 1. The highest BCUT2D eigenvalue weighted by Crippen LogP contribution is 2.28. The number of aromatic carboxylic acids is 1. The van der Waals surface area contributed by atoms with Crippen LogP contribution in [-0.2, 0) is 0 Å². The number of benzene rings is 1. The van der Waals surface area contributed by atoms with Crippen molar-refractivity contribution in [3.63, 3.8) is 0 Å². The molecule has 0 fully saturated rings. The topological polar surface area (TPSA) is 50.2 Å². The number of rotatable bonds is 2. The SMILES string of the molecule is Cc1cc(C)c(-c2cnccc2C)cc1C(=O)O. The lowest BCUT2D eigenvalue weighted by Crippen LogP contribution is -2.01. The minimum absolute atomic E-state index is 0.346. The number of nitrogens with zero attached hydrogens (tertiary/aromatic N) is 1. The lowest BCUT2D eigenvalue weighted by atomic mass is 9.94. The van der Waals surface area contributed by atoms with E-state index in [9.17, 15) is 9.90 Å². The van der Waals surface area contributed by atoms with Gasteiger partial charge in [0.25, 0.3) is 0 Å². The van der Waals surface area contributed by atoms with Crippen molar-refractivity contribution in [2.24, 2.45) is 0 Å². The Morgan fingerprint density at radius 3 is 2.39 bits per heavy atom. The second kappa shape index (κ2) is 4.61. The van der Waals surface area contributed by atoms with Crippen LogP contribution in [0.15, 0.2) is 30.6 Å². The van der Waals surface area contributed by atoms with E-state index >= 15 is 0 Å². The molecule has 0 aliphatic heterocycles. The highest BCUT2D eigenvalue weighted by atomic mass is 16.4. The van der Waals surface area contributed by atoms with Crippen LogP contribution in [-0.4, -0.2) is 16.1 Å². The molecule has 0 aliphatic rings. The van der Waals surface area contributed by atoms with Gasteiger partial charge < -0.3 is 5.11 Å². The molecule has 0 bridgehead atoms. The van der Waals surface area contributed by atoms with E-state index in [2.05, 4.69) is 4.98 Å². The molecular formula is C15H15NO2. The maximum Gasteiger partial charge on any atom is 0.335 e. The van der Waals surface area contributed by atoms with Gasteiger partial charge in [0.05, 0.1) is 5.56 Å². The minimum atomic E-state index is -0.893. The summed E-state index contributed by atoms with van der Waals surface area (Å²) >= 11 is 0. The van der Waals surface area contributed by atoms with Crippen molar-refractivity contribution in [2.75, 3.05) is 0 Å². The number of carboxylic acid groups (broad SMARTS) is 1. The third kappa shape index (κ3) is 2.12. The third-order valence-corrected chi connectivity index (χ3v) is 3.13. The van der Waals surface area contributed by atoms with Crippen LogP contribution in [0.4, 0.5) is 0 Å². The van der Waals surface area contributed by atoms with E-state index in [1.165, 1.54) is 0 Å². The Balaban J connectivity index is 2.69. The Morgan fingerprint density at radius 1 is 1.06 bits per heavy atom. The average molecular weight is 241 g/mol. The van der Waals surface area contributed by atoms with Crippen molar-refractivity contribution in [3.8, 4) is 11.1 Å². The van der Waals surface area contributed by atoms with Gasteiger partial charge in [-0.25, -0.2) is 4.79 Å². The molecule has 1 aromatic heterocycles. The fourth-order valence-electron chi connectivity index (χ4n) is 2.12. The normalized spacial score (nSPS) is 10.4. The zero-order valence-corrected chi connectivity index (χ0v) is 10.7. The number of carbonyl (C=O) groups is 1. The summed E-state index contributed by atoms with van der Waals surface area (Å²) in [6.45, 7) is 5.80. The minimum Gasteiger partial charge on any atom is -0.478 e. The molecule has 0 atom stereocenters. The zero-order valence-electron chi connectivity index (χ0n) is 10.7. The maximum absolute atomic E-state index is 11.2. The Labute approximate surface area is 106 Å². The van der Waals surface area contributed by atoms with Gasteiger partial charge in [0.2, 0.25) is 0 Å². The van der Waals surface area contributed by atoms with E-state index in [0.29, 0.717) is 5.56 Å². The molecule has 0 radical (unpaired) electrons. The fraction of sp³-hybridized carbons (Fsp3) is 0.200. The Morgan fingerprint density at radius 2 is 1.78 bits per heavy atom. The largest absolute Gasteiger partial charge is 0.478 e. The molecule has 0 aliphatic carbocycles. The van der Waals surface area contributed by atoms with Crippen molar-refractivity contribution in [2.45, 2.75) is 20.8 Å². The molecular weight excluding hydrogens is 226 g/mol. The summed E-state index contributed by atoms with van der Waals surface area (Å²) in [5.74, 6) is -0.893. The molecule has 0 spiro atoms. The van der Waals surface area contributed by atoms with Crippen molar-refractivity contribution in [3.05, 3.63) is 52.8 Å². The van der Waals surface area contributed by atoms with E-state index in [0.717, 1.165) is 27.8 Å². The standard InChI is InChI=1S/C15H15NO2/c1-9-4-5-16-8-14(9)12-7-13(15(17)18)11(3)6-10(12)2/h4-8H,1-3H3,(H,17,18). The summed E-state index contributed by atoms with van der Waals surface area (Å²) in [5, 5.41) is 9.18. The number of hydrogen-bond acceptors (Lipinski definition) is 2. The van der Waals surface area contributed by atoms with Gasteiger partial charge in [-0.05, 0) is 55.2 Å². The van der Waals surface area contributed by atoms with Gasteiger partial charge in [0, 0.05) is 18.0 Å². The predicted octanol–water partition coefficient (Wildman–Crippen LogP) is 3.37. The van der Waals surface area contributed by atoms with E-state index in [4.69, 9.17) is 0 Å². The van der Waals surface area contributed by atoms with Crippen molar-refractivity contribution < 1.29 is 9.90 Å². The Kier molecular flexibility index (Phi) is 3.15. The van der Waals surface area contributed by atoms with Crippen LogP contribution in [0.2, 0.25) is 0 Å². The summed E-state index contributed by atoms with van der Waals surface area (Å²) in [4.78, 5) is 15.3.